The topological polar surface area (TPSA) is 24.1 Å². The molecular weight excluding hydrogens is 198 g/mol. The van der Waals surface area contributed by atoms with Crippen LogP contribution >= 0.6 is 0 Å². The highest BCUT2D eigenvalue weighted by Crippen LogP contribution is 2.40. The molecule has 0 radical (unpaired) electrons. The van der Waals surface area contributed by atoms with E-state index in [1.807, 2.05) is 0 Å². The van der Waals surface area contributed by atoms with E-state index in [1.165, 1.54) is 6.07 Å². The van der Waals surface area contributed by atoms with Crippen LogP contribution in [0.3, 0.4) is 0 Å². The zero-order chi connectivity index (χ0) is 10.4. The van der Waals surface area contributed by atoms with Gasteiger partial charge in [0.2, 0.25) is 0 Å². The Morgan fingerprint density at radius 1 is 1.27 bits per heavy atom. The smallest absolute Gasteiger partial charge is 0.149 e. The van der Waals surface area contributed by atoms with Gasteiger partial charge in [-0.2, -0.15) is 0 Å². The Balaban J connectivity index is 2.08. The van der Waals surface area contributed by atoms with Gasteiger partial charge in [0, 0.05) is 24.6 Å². The van der Waals surface area contributed by atoms with E-state index in [9.17, 15) is 8.78 Å². The first-order chi connectivity index (χ1) is 7.25. The van der Waals surface area contributed by atoms with E-state index in [-0.39, 0.29) is 12.0 Å². The lowest BCUT2D eigenvalue weighted by Gasteiger charge is -2.26. The molecule has 0 amide bonds. The number of nitrogens with one attached hydrogen (secondary N) is 2. The molecule has 1 saturated heterocycles. The van der Waals surface area contributed by atoms with Crippen molar-refractivity contribution in [2.24, 2.45) is 0 Å². The summed E-state index contributed by atoms with van der Waals surface area (Å²) in [5.74, 6) is -0.752. The summed E-state index contributed by atoms with van der Waals surface area (Å²) in [5.41, 5.74) is 1.28. The number of anilines is 1. The number of piperidine rings is 1. The van der Waals surface area contributed by atoms with Crippen molar-refractivity contribution in [3.8, 4) is 0 Å². The van der Waals surface area contributed by atoms with Crippen LogP contribution in [0.1, 0.15) is 17.9 Å². The van der Waals surface area contributed by atoms with Crippen molar-refractivity contribution in [1.82, 2.24) is 5.32 Å². The molecule has 0 bridgehead atoms. The first-order valence-electron chi connectivity index (χ1n) is 5.22. The SMILES string of the molecule is Fc1cc(F)c2c(c1)C1CNCCC1N2. The van der Waals surface area contributed by atoms with Crippen molar-refractivity contribution in [3.05, 3.63) is 29.3 Å². The molecule has 0 aliphatic carbocycles. The zero-order valence-electron chi connectivity index (χ0n) is 8.19. The third-order valence-corrected chi connectivity index (χ3v) is 3.30. The molecule has 2 aliphatic rings. The molecule has 0 spiro atoms. The number of fused-ring (bicyclic) bond motifs is 3. The van der Waals surface area contributed by atoms with Crippen LogP contribution in [0.15, 0.2) is 12.1 Å². The van der Waals surface area contributed by atoms with Crippen molar-refractivity contribution in [2.75, 3.05) is 18.4 Å². The lowest BCUT2D eigenvalue weighted by molar-refractivity contribution is 0.439. The second kappa shape index (κ2) is 3.17. The zero-order valence-corrected chi connectivity index (χ0v) is 8.19. The Labute approximate surface area is 86.7 Å². The van der Waals surface area contributed by atoms with Gasteiger partial charge in [0.1, 0.15) is 11.6 Å². The lowest BCUT2D eigenvalue weighted by Crippen LogP contribution is -2.38. The van der Waals surface area contributed by atoms with Gasteiger partial charge in [-0.15, -0.1) is 0 Å². The van der Waals surface area contributed by atoms with Crippen molar-refractivity contribution in [3.63, 3.8) is 0 Å². The maximum Gasteiger partial charge on any atom is 0.149 e. The van der Waals surface area contributed by atoms with E-state index in [1.54, 1.807) is 0 Å². The average Bonchev–Trinajstić information content (AvgIpc) is 2.57. The maximum absolute atomic E-state index is 13.5. The van der Waals surface area contributed by atoms with Gasteiger partial charge in [0.15, 0.2) is 0 Å². The molecule has 2 heterocycles. The van der Waals surface area contributed by atoms with Crippen LogP contribution in [0, 0.1) is 11.6 Å². The van der Waals surface area contributed by atoms with E-state index >= 15 is 0 Å². The highest BCUT2D eigenvalue weighted by atomic mass is 19.1. The van der Waals surface area contributed by atoms with Crippen LogP contribution in [0.4, 0.5) is 14.5 Å². The van der Waals surface area contributed by atoms with E-state index in [0.29, 0.717) is 5.69 Å². The normalized spacial score (nSPS) is 28.1. The molecule has 2 unspecified atom stereocenters. The van der Waals surface area contributed by atoms with Crippen molar-refractivity contribution in [1.29, 1.82) is 0 Å². The molecule has 2 nitrogen and oxygen atoms in total. The molecule has 3 rings (SSSR count). The van der Waals surface area contributed by atoms with Gasteiger partial charge < -0.3 is 10.6 Å². The van der Waals surface area contributed by atoms with Crippen LogP contribution < -0.4 is 10.6 Å². The molecular formula is C11H12F2N2. The molecule has 1 aromatic rings. The van der Waals surface area contributed by atoms with Gasteiger partial charge in [0.05, 0.1) is 5.69 Å². The molecule has 80 valence electrons. The summed E-state index contributed by atoms with van der Waals surface area (Å²) in [7, 11) is 0. The van der Waals surface area contributed by atoms with Crippen LogP contribution in [-0.4, -0.2) is 19.1 Å². The van der Waals surface area contributed by atoms with Gasteiger partial charge in [0.25, 0.3) is 0 Å². The minimum atomic E-state index is -0.487. The Morgan fingerprint density at radius 3 is 3.00 bits per heavy atom. The fourth-order valence-corrected chi connectivity index (χ4v) is 2.58. The summed E-state index contributed by atoms with van der Waals surface area (Å²) in [6, 6.07) is 2.65. The molecule has 15 heavy (non-hydrogen) atoms. The monoisotopic (exact) mass is 210 g/mol. The predicted molar refractivity (Wildman–Crippen MR) is 54.0 cm³/mol. The van der Waals surface area contributed by atoms with E-state index < -0.39 is 11.6 Å². The van der Waals surface area contributed by atoms with Gasteiger partial charge in [-0.25, -0.2) is 8.78 Å². The lowest BCUT2D eigenvalue weighted by atomic mass is 9.90. The number of rotatable bonds is 0. The number of hydrogen-bond donors (Lipinski definition) is 2. The molecule has 2 atom stereocenters. The molecule has 4 heteroatoms. The molecule has 0 saturated carbocycles. The number of benzene rings is 1. The second-order valence-electron chi connectivity index (χ2n) is 4.20. The third-order valence-electron chi connectivity index (χ3n) is 3.30. The Kier molecular flexibility index (Phi) is 1.92. The summed E-state index contributed by atoms with van der Waals surface area (Å²) in [4.78, 5) is 0. The number of hydrogen-bond acceptors (Lipinski definition) is 2. The van der Waals surface area contributed by atoms with Gasteiger partial charge in [-0.05, 0) is 24.6 Å². The van der Waals surface area contributed by atoms with Crippen LogP contribution in [-0.2, 0) is 0 Å². The maximum atomic E-state index is 13.5. The molecule has 1 aromatic carbocycles. The average molecular weight is 210 g/mol. The molecule has 2 aliphatic heterocycles. The third kappa shape index (κ3) is 1.32. The summed E-state index contributed by atoms with van der Waals surface area (Å²) in [5, 5.41) is 6.40. The molecule has 2 N–H and O–H groups in total. The van der Waals surface area contributed by atoms with Crippen LogP contribution in [0.2, 0.25) is 0 Å². The van der Waals surface area contributed by atoms with Gasteiger partial charge >= 0.3 is 0 Å². The van der Waals surface area contributed by atoms with E-state index in [0.717, 1.165) is 31.1 Å². The Hall–Kier alpha value is -1.16. The van der Waals surface area contributed by atoms with Crippen LogP contribution in [0.25, 0.3) is 0 Å². The largest absolute Gasteiger partial charge is 0.379 e. The van der Waals surface area contributed by atoms with Crippen LogP contribution in [0.5, 0.6) is 0 Å². The summed E-state index contributed by atoms with van der Waals surface area (Å²) < 4.78 is 26.6. The minimum Gasteiger partial charge on any atom is -0.379 e. The quantitative estimate of drug-likeness (QED) is 0.682. The highest BCUT2D eigenvalue weighted by molar-refractivity contribution is 5.61. The van der Waals surface area contributed by atoms with E-state index in [4.69, 9.17) is 0 Å². The second-order valence-corrected chi connectivity index (χ2v) is 4.20. The molecule has 0 aromatic heterocycles. The minimum absolute atomic E-state index is 0.207. The fourth-order valence-electron chi connectivity index (χ4n) is 2.58. The summed E-state index contributed by atoms with van der Waals surface area (Å²) >= 11 is 0. The van der Waals surface area contributed by atoms with E-state index in [2.05, 4.69) is 10.6 Å². The summed E-state index contributed by atoms with van der Waals surface area (Å²) in [6.07, 6.45) is 0.959. The first kappa shape index (κ1) is 9.09. The predicted octanol–water partition coefficient (Wildman–Crippen LogP) is 1.84. The molecule has 1 fully saturated rings. The Morgan fingerprint density at radius 2 is 2.13 bits per heavy atom. The van der Waals surface area contributed by atoms with Crippen molar-refractivity contribution in [2.45, 2.75) is 18.4 Å². The standard InChI is InChI=1S/C11H12F2N2/c12-6-3-7-8-5-14-2-1-10(8)15-11(7)9(13)4-6/h3-4,8,10,14-15H,1-2,5H2. The first-order valence-corrected chi connectivity index (χ1v) is 5.22. The Bertz CT molecular complexity index is 406. The van der Waals surface area contributed by atoms with Crippen molar-refractivity contribution >= 4 is 5.69 Å². The van der Waals surface area contributed by atoms with Crippen molar-refractivity contribution < 1.29 is 8.78 Å². The summed E-state index contributed by atoms with van der Waals surface area (Å²) in [6.45, 7) is 1.74. The fraction of sp³-hybridized carbons (Fsp3) is 0.455. The van der Waals surface area contributed by atoms with Gasteiger partial charge in [-0.3, -0.25) is 0 Å². The highest BCUT2D eigenvalue weighted by Gasteiger charge is 2.35. The van der Waals surface area contributed by atoms with Gasteiger partial charge in [-0.1, -0.05) is 0 Å². The number of halogens is 2.